The van der Waals surface area contributed by atoms with Gasteiger partial charge in [-0.3, -0.25) is 4.79 Å². The number of anilines is 2. The molecule has 2 heterocycles. The maximum Gasteiger partial charge on any atom is 0.418 e. The van der Waals surface area contributed by atoms with Gasteiger partial charge in [0.05, 0.1) is 11.3 Å². The number of H-pyrrole nitrogens is 1. The van der Waals surface area contributed by atoms with Crippen molar-refractivity contribution in [2.75, 3.05) is 11.9 Å². The molecule has 0 bridgehead atoms. The Morgan fingerprint density at radius 3 is 2.58 bits per heavy atom. The SMILES string of the molecule is C[C@H]1CC[C@H](NC(=O)c2cc3nc(Nc4c(F)cccc4C(F)(F)F)[nH]c3nc2OCC(F)F)CC1. The average molecular weight is 515 g/mol. The molecule has 0 spiro atoms. The number of hydrogen-bond acceptors (Lipinski definition) is 5. The first kappa shape index (κ1) is 25.6. The number of aromatic amines is 1. The third-order valence-corrected chi connectivity index (χ3v) is 5.94. The molecule has 0 atom stereocenters. The summed E-state index contributed by atoms with van der Waals surface area (Å²) >= 11 is 0. The van der Waals surface area contributed by atoms with E-state index < -0.39 is 42.2 Å². The van der Waals surface area contributed by atoms with Crippen LogP contribution in [0.15, 0.2) is 24.3 Å². The molecule has 1 fully saturated rings. The summed E-state index contributed by atoms with van der Waals surface area (Å²) in [5.74, 6) is -1.91. The van der Waals surface area contributed by atoms with Crippen molar-refractivity contribution in [3.63, 3.8) is 0 Å². The molecular formula is C23H23F6N5O2. The molecule has 4 rings (SSSR count). The Balaban J connectivity index is 1.66. The monoisotopic (exact) mass is 515 g/mol. The molecule has 0 saturated heterocycles. The van der Waals surface area contributed by atoms with Gasteiger partial charge in [0.25, 0.3) is 12.3 Å². The number of para-hydroxylation sites is 1. The maximum absolute atomic E-state index is 14.2. The van der Waals surface area contributed by atoms with Gasteiger partial charge >= 0.3 is 6.18 Å². The van der Waals surface area contributed by atoms with Crippen LogP contribution < -0.4 is 15.4 Å². The highest BCUT2D eigenvalue weighted by molar-refractivity contribution is 5.99. The van der Waals surface area contributed by atoms with E-state index in [0.717, 1.165) is 37.8 Å². The predicted molar refractivity (Wildman–Crippen MR) is 119 cm³/mol. The number of aromatic nitrogens is 3. The minimum Gasteiger partial charge on any atom is -0.471 e. The van der Waals surface area contributed by atoms with Crippen molar-refractivity contribution in [3.8, 4) is 5.88 Å². The van der Waals surface area contributed by atoms with Crippen molar-refractivity contribution in [1.82, 2.24) is 20.3 Å². The van der Waals surface area contributed by atoms with Crippen LogP contribution in [0.1, 0.15) is 48.5 Å². The van der Waals surface area contributed by atoms with Crippen LogP contribution in [0.2, 0.25) is 0 Å². The molecule has 1 aromatic carbocycles. The van der Waals surface area contributed by atoms with Crippen LogP contribution >= 0.6 is 0 Å². The number of imidazole rings is 1. The van der Waals surface area contributed by atoms with Gasteiger partial charge in [-0.2, -0.15) is 18.2 Å². The third kappa shape index (κ3) is 5.82. The summed E-state index contributed by atoms with van der Waals surface area (Å²) in [6.45, 7) is 1.09. The molecule has 194 valence electrons. The Bertz CT molecular complexity index is 1240. The van der Waals surface area contributed by atoms with Gasteiger partial charge < -0.3 is 20.4 Å². The third-order valence-electron chi connectivity index (χ3n) is 5.94. The van der Waals surface area contributed by atoms with Crippen LogP contribution in [-0.2, 0) is 6.18 Å². The first-order valence-electron chi connectivity index (χ1n) is 11.3. The summed E-state index contributed by atoms with van der Waals surface area (Å²) in [6, 6.07) is 3.61. The molecule has 2 aromatic heterocycles. The molecular weight excluding hydrogens is 492 g/mol. The second-order valence-electron chi connectivity index (χ2n) is 8.71. The quantitative estimate of drug-likeness (QED) is 0.346. The second kappa shape index (κ2) is 10.2. The second-order valence-corrected chi connectivity index (χ2v) is 8.71. The number of pyridine rings is 1. The summed E-state index contributed by atoms with van der Waals surface area (Å²) in [5.41, 5.74) is -2.29. The van der Waals surface area contributed by atoms with Gasteiger partial charge in [-0.1, -0.05) is 13.0 Å². The molecule has 0 aliphatic heterocycles. The van der Waals surface area contributed by atoms with Crippen molar-refractivity contribution < 1.29 is 35.9 Å². The van der Waals surface area contributed by atoms with Gasteiger partial charge in [0.1, 0.15) is 16.9 Å². The molecule has 1 saturated carbocycles. The van der Waals surface area contributed by atoms with E-state index in [9.17, 15) is 31.1 Å². The summed E-state index contributed by atoms with van der Waals surface area (Å²) < 4.78 is 84.8. The normalized spacial score (nSPS) is 18.4. The van der Waals surface area contributed by atoms with Gasteiger partial charge in [-0.05, 0) is 49.8 Å². The molecule has 0 unspecified atom stereocenters. The van der Waals surface area contributed by atoms with Gasteiger partial charge in [-0.15, -0.1) is 0 Å². The van der Waals surface area contributed by atoms with Crippen LogP contribution in [-0.4, -0.2) is 39.9 Å². The van der Waals surface area contributed by atoms with Crippen LogP contribution in [0.25, 0.3) is 11.2 Å². The van der Waals surface area contributed by atoms with Crippen LogP contribution in [0.5, 0.6) is 5.88 Å². The molecule has 13 heteroatoms. The Kier molecular flexibility index (Phi) is 7.27. The predicted octanol–water partition coefficient (Wildman–Crippen LogP) is 5.81. The lowest BCUT2D eigenvalue weighted by atomic mass is 9.87. The Morgan fingerprint density at radius 2 is 1.92 bits per heavy atom. The summed E-state index contributed by atoms with van der Waals surface area (Å²) in [4.78, 5) is 23.6. The largest absolute Gasteiger partial charge is 0.471 e. The molecule has 7 nitrogen and oxygen atoms in total. The number of amides is 1. The fourth-order valence-electron chi connectivity index (χ4n) is 4.07. The highest BCUT2D eigenvalue weighted by Gasteiger charge is 2.35. The van der Waals surface area contributed by atoms with Crippen molar-refractivity contribution in [1.29, 1.82) is 0 Å². The maximum atomic E-state index is 14.2. The van der Waals surface area contributed by atoms with Crippen LogP contribution in [0.3, 0.4) is 0 Å². The van der Waals surface area contributed by atoms with E-state index in [1.165, 1.54) is 6.07 Å². The smallest absolute Gasteiger partial charge is 0.418 e. The fraction of sp³-hybridized carbons (Fsp3) is 0.435. The zero-order valence-electron chi connectivity index (χ0n) is 19.1. The number of rotatable bonds is 7. The lowest BCUT2D eigenvalue weighted by Crippen LogP contribution is -2.37. The van der Waals surface area contributed by atoms with E-state index in [1.54, 1.807) is 0 Å². The molecule has 0 radical (unpaired) electrons. The summed E-state index contributed by atoms with van der Waals surface area (Å²) in [5, 5.41) is 5.11. The standard InChI is InChI=1S/C23H23F6N5O2/c1-11-5-7-12(8-6-11)30-20(35)13-9-16-19(33-21(13)36-10-17(25)26)34-22(31-16)32-18-14(23(27,28)29)3-2-4-15(18)24/h2-4,9,11-12,17H,5-8,10H2,1H3,(H,30,35)(H2,31,32,33,34)/t11-,12-. The number of benzene rings is 1. The van der Waals surface area contributed by atoms with E-state index in [1.807, 2.05) is 0 Å². The van der Waals surface area contributed by atoms with E-state index in [2.05, 4.69) is 32.5 Å². The number of alkyl halides is 5. The van der Waals surface area contributed by atoms with E-state index >= 15 is 0 Å². The molecule has 1 amide bonds. The number of hydrogen-bond donors (Lipinski definition) is 3. The van der Waals surface area contributed by atoms with Crippen LogP contribution in [0.4, 0.5) is 38.0 Å². The highest BCUT2D eigenvalue weighted by Crippen LogP contribution is 2.37. The Hall–Kier alpha value is -3.51. The number of halogens is 6. The molecule has 1 aliphatic carbocycles. The minimum atomic E-state index is -4.84. The van der Waals surface area contributed by atoms with Gasteiger partial charge in [0.15, 0.2) is 12.3 Å². The van der Waals surface area contributed by atoms with E-state index in [4.69, 9.17) is 4.74 Å². The number of fused-ring (bicyclic) bond motifs is 1. The van der Waals surface area contributed by atoms with Crippen molar-refractivity contribution in [2.24, 2.45) is 5.92 Å². The van der Waals surface area contributed by atoms with Gasteiger partial charge in [-0.25, -0.2) is 18.2 Å². The summed E-state index contributed by atoms with van der Waals surface area (Å²) in [7, 11) is 0. The van der Waals surface area contributed by atoms with Gasteiger partial charge in [0, 0.05) is 6.04 Å². The van der Waals surface area contributed by atoms with Crippen LogP contribution in [0, 0.1) is 11.7 Å². The fourth-order valence-corrected chi connectivity index (χ4v) is 4.07. The number of carbonyl (C=O) groups is 1. The Morgan fingerprint density at radius 1 is 1.19 bits per heavy atom. The molecule has 3 N–H and O–H groups in total. The Labute approximate surface area is 201 Å². The summed E-state index contributed by atoms with van der Waals surface area (Å²) in [6.07, 6.45) is -4.29. The topological polar surface area (TPSA) is 91.9 Å². The zero-order valence-corrected chi connectivity index (χ0v) is 19.1. The van der Waals surface area contributed by atoms with E-state index in [-0.39, 0.29) is 34.6 Å². The molecule has 1 aliphatic rings. The molecule has 3 aromatic rings. The van der Waals surface area contributed by atoms with Gasteiger partial charge in [0.2, 0.25) is 11.8 Å². The lowest BCUT2D eigenvalue weighted by Gasteiger charge is -2.27. The minimum absolute atomic E-state index is 0.0363. The highest BCUT2D eigenvalue weighted by atomic mass is 19.4. The average Bonchev–Trinajstić information content (AvgIpc) is 3.20. The first-order chi connectivity index (χ1) is 17.0. The zero-order chi connectivity index (χ0) is 26.0. The van der Waals surface area contributed by atoms with Crippen molar-refractivity contribution >= 4 is 28.7 Å². The number of nitrogens with zero attached hydrogens (tertiary/aromatic N) is 2. The van der Waals surface area contributed by atoms with Crippen molar-refractivity contribution in [2.45, 2.75) is 51.3 Å². The lowest BCUT2D eigenvalue weighted by molar-refractivity contribution is -0.137. The number of carbonyl (C=O) groups excluding carboxylic acids is 1. The molecule has 36 heavy (non-hydrogen) atoms. The number of ether oxygens (including phenoxy) is 1. The van der Waals surface area contributed by atoms with Crippen molar-refractivity contribution in [3.05, 3.63) is 41.2 Å². The van der Waals surface area contributed by atoms with E-state index in [0.29, 0.717) is 12.0 Å². The first-order valence-corrected chi connectivity index (χ1v) is 11.3. The number of nitrogens with one attached hydrogen (secondary N) is 3.